The lowest BCUT2D eigenvalue weighted by atomic mass is 10.1. The van der Waals surface area contributed by atoms with Crippen molar-refractivity contribution in [2.24, 2.45) is 18.7 Å². The lowest BCUT2D eigenvalue weighted by molar-refractivity contribution is 0.100. The quantitative estimate of drug-likeness (QED) is 0.472. The Morgan fingerprint density at radius 1 is 1.15 bits per heavy atom. The second-order valence-corrected chi connectivity index (χ2v) is 8.28. The number of carbonyl (C=O) groups is 1. The van der Waals surface area contributed by atoms with Gasteiger partial charge in [-0.15, -0.1) is 0 Å². The van der Waals surface area contributed by atoms with Crippen LogP contribution in [0.1, 0.15) is 22.8 Å². The molecule has 4 aromatic rings. The number of rotatable bonds is 5. The molecule has 1 amide bonds. The van der Waals surface area contributed by atoms with Crippen molar-refractivity contribution in [2.45, 2.75) is 13.0 Å². The average Bonchev–Trinajstić information content (AvgIpc) is 3.52. The van der Waals surface area contributed by atoms with Gasteiger partial charge in [0.15, 0.2) is 0 Å². The highest BCUT2D eigenvalue weighted by Crippen LogP contribution is 2.31. The van der Waals surface area contributed by atoms with Crippen molar-refractivity contribution in [1.29, 1.82) is 5.26 Å². The molecule has 1 saturated heterocycles. The Morgan fingerprint density at radius 3 is 2.61 bits per heavy atom. The van der Waals surface area contributed by atoms with Crippen molar-refractivity contribution < 1.29 is 4.79 Å². The fourth-order valence-corrected chi connectivity index (χ4v) is 4.17. The third kappa shape index (κ3) is 3.71. The first-order chi connectivity index (χ1) is 15.9. The predicted molar refractivity (Wildman–Crippen MR) is 121 cm³/mol. The molecule has 11 nitrogen and oxygen atoms in total. The summed E-state index contributed by atoms with van der Waals surface area (Å²) >= 11 is 0. The molecule has 3 N–H and O–H groups in total. The van der Waals surface area contributed by atoms with Crippen LogP contribution in [-0.4, -0.2) is 54.4 Å². The number of carbonyl (C=O) groups excluding carboxylic acids is 1. The Bertz CT molecular complexity index is 1380. The van der Waals surface area contributed by atoms with E-state index < -0.39 is 5.91 Å². The molecule has 5 rings (SSSR count). The SMILES string of the molecule is C[C@@H]1CN(c2ncc(C#N)cn2)C[C@H]1Nc1c(C(N)=O)cnn2cc(-c3cnn(C)c3)cc12. The second kappa shape index (κ2) is 7.90. The van der Waals surface area contributed by atoms with Crippen LogP contribution in [0.2, 0.25) is 0 Å². The van der Waals surface area contributed by atoms with Crippen LogP contribution >= 0.6 is 0 Å². The van der Waals surface area contributed by atoms with Gasteiger partial charge in [0.05, 0.1) is 47.1 Å². The Kier molecular flexibility index (Phi) is 4.90. The molecule has 1 aliphatic heterocycles. The van der Waals surface area contributed by atoms with E-state index in [-0.39, 0.29) is 12.0 Å². The molecule has 4 aromatic heterocycles. The van der Waals surface area contributed by atoms with Crippen molar-refractivity contribution in [3.05, 3.63) is 54.4 Å². The van der Waals surface area contributed by atoms with Gasteiger partial charge >= 0.3 is 0 Å². The Hall–Kier alpha value is -4.46. The van der Waals surface area contributed by atoms with E-state index in [0.717, 1.165) is 23.2 Å². The number of anilines is 2. The van der Waals surface area contributed by atoms with Crippen LogP contribution in [0.15, 0.2) is 43.2 Å². The summed E-state index contributed by atoms with van der Waals surface area (Å²) in [6, 6.07) is 4.02. The minimum atomic E-state index is -0.547. The first kappa shape index (κ1) is 20.4. The van der Waals surface area contributed by atoms with Crippen LogP contribution in [-0.2, 0) is 7.05 Å². The minimum absolute atomic E-state index is 0.0188. The zero-order chi connectivity index (χ0) is 23.1. The number of nitriles is 1. The standard InChI is InChI=1S/C22H22N10O/c1-13-9-31(22-25-5-14(4-23)6-26-22)12-18(13)29-20-17(21(24)33)8-28-32-11-15(3-19(20)32)16-7-27-30(2)10-16/h3,5-8,10-11,13,18,29H,9,12H2,1-2H3,(H2,24,33)/t13-,18-/m1/s1. The highest BCUT2D eigenvalue weighted by molar-refractivity contribution is 6.02. The molecule has 0 radical (unpaired) electrons. The number of fused-ring (bicyclic) bond motifs is 1. The van der Waals surface area contributed by atoms with Gasteiger partial charge in [0.25, 0.3) is 5.91 Å². The Morgan fingerprint density at radius 2 is 1.94 bits per heavy atom. The van der Waals surface area contributed by atoms with Gasteiger partial charge in [0, 0.05) is 49.7 Å². The molecule has 0 unspecified atom stereocenters. The normalized spacial score (nSPS) is 17.9. The van der Waals surface area contributed by atoms with Gasteiger partial charge in [-0.1, -0.05) is 6.92 Å². The lowest BCUT2D eigenvalue weighted by Crippen LogP contribution is -2.30. The van der Waals surface area contributed by atoms with Crippen molar-refractivity contribution >= 4 is 23.1 Å². The van der Waals surface area contributed by atoms with E-state index in [9.17, 15) is 4.79 Å². The van der Waals surface area contributed by atoms with Gasteiger partial charge in [0.1, 0.15) is 6.07 Å². The molecule has 1 fully saturated rings. The summed E-state index contributed by atoms with van der Waals surface area (Å²) in [5.74, 6) is 0.266. The largest absolute Gasteiger partial charge is 0.378 e. The highest BCUT2D eigenvalue weighted by atomic mass is 16.1. The predicted octanol–water partition coefficient (Wildman–Crippen LogP) is 1.43. The number of aromatic nitrogens is 6. The monoisotopic (exact) mass is 442 g/mol. The van der Waals surface area contributed by atoms with Crippen LogP contribution < -0.4 is 16.0 Å². The number of nitrogens with two attached hydrogens (primary N) is 1. The zero-order valence-electron chi connectivity index (χ0n) is 18.2. The number of nitrogens with zero attached hydrogens (tertiary/aromatic N) is 8. The third-order valence-electron chi connectivity index (χ3n) is 5.93. The van der Waals surface area contributed by atoms with E-state index >= 15 is 0 Å². The molecule has 0 aliphatic carbocycles. The number of hydrogen-bond acceptors (Lipinski definition) is 8. The molecule has 0 bridgehead atoms. The summed E-state index contributed by atoms with van der Waals surface area (Å²) in [6.07, 6.45) is 10.1. The molecule has 33 heavy (non-hydrogen) atoms. The van der Waals surface area contributed by atoms with Crippen LogP contribution in [0.3, 0.4) is 0 Å². The summed E-state index contributed by atoms with van der Waals surface area (Å²) in [5.41, 5.74) is 9.72. The summed E-state index contributed by atoms with van der Waals surface area (Å²) in [5, 5.41) is 21.1. The van der Waals surface area contributed by atoms with Crippen LogP contribution in [0, 0.1) is 17.2 Å². The molecule has 2 atom stereocenters. The molecular weight excluding hydrogens is 420 g/mol. The number of aryl methyl sites for hydroxylation is 1. The van der Waals surface area contributed by atoms with E-state index in [1.54, 1.807) is 15.4 Å². The summed E-state index contributed by atoms with van der Waals surface area (Å²) < 4.78 is 3.47. The van der Waals surface area contributed by atoms with Gasteiger partial charge < -0.3 is 16.0 Å². The van der Waals surface area contributed by atoms with Crippen molar-refractivity contribution in [2.75, 3.05) is 23.3 Å². The van der Waals surface area contributed by atoms with Crippen molar-refractivity contribution in [3.8, 4) is 17.2 Å². The van der Waals surface area contributed by atoms with Crippen LogP contribution in [0.4, 0.5) is 11.6 Å². The van der Waals surface area contributed by atoms with E-state index in [1.165, 1.54) is 18.6 Å². The third-order valence-corrected chi connectivity index (χ3v) is 5.93. The van der Waals surface area contributed by atoms with Gasteiger partial charge in [-0.3, -0.25) is 9.48 Å². The fraction of sp³-hybridized carbons (Fsp3) is 0.273. The summed E-state index contributed by atoms with van der Waals surface area (Å²) in [7, 11) is 1.86. The summed E-state index contributed by atoms with van der Waals surface area (Å²) in [6.45, 7) is 3.50. The fourth-order valence-electron chi connectivity index (χ4n) is 4.17. The van der Waals surface area contributed by atoms with Gasteiger partial charge in [-0.2, -0.15) is 15.5 Å². The summed E-state index contributed by atoms with van der Waals surface area (Å²) in [4.78, 5) is 22.9. The minimum Gasteiger partial charge on any atom is -0.378 e. The Labute approximate surface area is 189 Å². The smallest absolute Gasteiger partial charge is 0.252 e. The lowest BCUT2D eigenvalue weighted by Gasteiger charge is -2.20. The van der Waals surface area contributed by atoms with E-state index in [0.29, 0.717) is 29.3 Å². The molecule has 5 heterocycles. The zero-order valence-corrected chi connectivity index (χ0v) is 18.2. The molecule has 0 spiro atoms. The maximum atomic E-state index is 12.2. The number of amides is 1. The maximum absolute atomic E-state index is 12.2. The first-order valence-corrected chi connectivity index (χ1v) is 10.5. The van der Waals surface area contributed by atoms with Crippen molar-refractivity contribution in [1.82, 2.24) is 29.4 Å². The molecule has 0 saturated carbocycles. The van der Waals surface area contributed by atoms with Crippen LogP contribution in [0.5, 0.6) is 0 Å². The van der Waals surface area contributed by atoms with Gasteiger partial charge in [0.2, 0.25) is 5.95 Å². The molecule has 0 aromatic carbocycles. The van der Waals surface area contributed by atoms with E-state index in [4.69, 9.17) is 11.0 Å². The average molecular weight is 442 g/mol. The van der Waals surface area contributed by atoms with Crippen LogP contribution in [0.25, 0.3) is 16.6 Å². The topological polar surface area (TPSA) is 143 Å². The Balaban J connectivity index is 1.48. The second-order valence-electron chi connectivity index (χ2n) is 8.28. The highest BCUT2D eigenvalue weighted by Gasteiger charge is 2.32. The van der Waals surface area contributed by atoms with Crippen molar-refractivity contribution in [3.63, 3.8) is 0 Å². The molecule has 11 heteroatoms. The molecule has 1 aliphatic rings. The van der Waals surface area contributed by atoms with Gasteiger partial charge in [-0.25, -0.2) is 14.5 Å². The number of nitrogens with one attached hydrogen (secondary N) is 1. The number of hydrogen-bond donors (Lipinski definition) is 2. The van der Waals surface area contributed by atoms with E-state index in [1.807, 2.05) is 31.6 Å². The number of primary amides is 1. The maximum Gasteiger partial charge on any atom is 0.252 e. The first-order valence-electron chi connectivity index (χ1n) is 10.5. The van der Waals surface area contributed by atoms with E-state index in [2.05, 4.69) is 37.3 Å². The molecular formula is C22H22N10O. The molecule has 166 valence electrons. The van der Waals surface area contributed by atoms with Gasteiger partial charge in [-0.05, 0) is 12.0 Å².